The molecule has 0 aliphatic carbocycles. The molecule has 1 fully saturated rings. The molecule has 1 aromatic carbocycles. The molecule has 0 spiro atoms. The van der Waals surface area contributed by atoms with Crippen LogP contribution in [0.2, 0.25) is 0 Å². The van der Waals surface area contributed by atoms with Gasteiger partial charge in [0.15, 0.2) is 5.58 Å². The number of nitrogens with zero attached hydrogens (tertiary/aromatic N) is 3. The van der Waals surface area contributed by atoms with Crippen molar-refractivity contribution >= 4 is 40.9 Å². The summed E-state index contributed by atoms with van der Waals surface area (Å²) >= 11 is 0.682. The molecule has 132 valence electrons. The van der Waals surface area contributed by atoms with E-state index < -0.39 is 24.0 Å². The summed E-state index contributed by atoms with van der Waals surface area (Å²) in [7, 11) is 0. The van der Waals surface area contributed by atoms with Gasteiger partial charge < -0.3 is 19.7 Å². The Morgan fingerprint density at radius 2 is 2.28 bits per heavy atom. The van der Waals surface area contributed by atoms with Crippen molar-refractivity contribution in [3.63, 3.8) is 0 Å². The van der Waals surface area contributed by atoms with Gasteiger partial charge in [0, 0.05) is 28.8 Å². The number of likely N-dealkylation sites (tertiary alicyclic amines) is 1. The number of hydrogen-bond acceptors (Lipinski definition) is 8. The number of fused-ring (bicyclic) bond motifs is 1. The molecule has 10 heteroatoms. The molecule has 25 heavy (non-hydrogen) atoms. The van der Waals surface area contributed by atoms with E-state index in [0.29, 0.717) is 42.4 Å². The molecule has 0 bridgehead atoms. The van der Waals surface area contributed by atoms with Gasteiger partial charge >= 0.3 is 5.97 Å². The third-order valence-electron chi connectivity index (χ3n) is 4.00. The number of oxazole rings is 1. The summed E-state index contributed by atoms with van der Waals surface area (Å²) in [5.41, 5.74) is 1.18. The van der Waals surface area contributed by atoms with Crippen LogP contribution in [0.5, 0.6) is 0 Å². The molecule has 2 N–H and O–H groups in total. The van der Waals surface area contributed by atoms with Gasteiger partial charge in [0.25, 0.3) is 6.01 Å². The quantitative estimate of drug-likeness (QED) is 0.565. The van der Waals surface area contributed by atoms with Crippen LogP contribution in [0, 0.1) is 4.91 Å². The average molecular weight is 364 g/mol. The molecule has 2 heterocycles. The lowest BCUT2D eigenvalue weighted by molar-refractivity contribution is -0.148. The van der Waals surface area contributed by atoms with E-state index >= 15 is 0 Å². The minimum Gasteiger partial charge on any atom is -0.480 e. The van der Waals surface area contributed by atoms with Gasteiger partial charge in [-0.2, -0.15) is 4.98 Å². The number of amides is 1. The highest BCUT2D eigenvalue weighted by Crippen LogP contribution is 2.23. The lowest BCUT2D eigenvalue weighted by Crippen LogP contribution is -2.48. The Labute approximate surface area is 146 Å². The first-order chi connectivity index (χ1) is 12.1. The molecular weight excluding hydrogens is 348 g/mol. The van der Waals surface area contributed by atoms with Gasteiger partial charge in [-0.05, 0) is 25.0 Å². The lowest BCUT2D eigenvalue weighted by atomic mass is 10.2. The van der Waals surface area contributed by atoms with Gasteiger partial charge in [-0.1, -0.05) is 12.1 Å². The Kier molecular flexibility index (Phi) is 5.17. The monoisotopic (exact) mass is 364 g/mol. The average Bonchev–Trinajstić information content (AvgIpc) is 3.24. The Morgan fingerprint density at radius 1 is 1.48 bits per heavy atom. The highest BCUT2D eigenvalue weighted by molar-refractivity contribution is 7.97. The van der Waals surface area contributed by atoms with Crippen LogP contribution < -0.4 is 5.32 Å². The van der Waals surface area contributed by atoms with Crippen LogP contribution in [0.4, 0.5) is 6.01 Å². The highest BCUT2D eigenvalue weighted by Gasteiger charge is 2.37. The maximum absolute atomic E-state index is 12.8. The van der Waals surface area contributed by atoms with Crippen molar-refractivity contribution in [2.45, 2.75) is 24.9 Å². The van der Waals surface area contributed by atoms with Crippen molar-refractivity contribution in [3.05, 3.63) is 29.2 Å². The van der Waals surface area contributed by atoms with Crippen LogP contribution in [-0.4, -0.2) is 51.2 Å². The molecule has 1 aliphatic heterocycles. The first kappa shape index (κ1) is 17.2. The molecule has 1 saturated heterocycles. The summed E-state index contributed by atoms with van der Waals surface area (Å²) in [5, 5.41) is 12.1. The van der Waals surface area contributed by atoms with Gasteiger partial charge in [-0.3, -0.25) is 4.79 Å². The predicted molar refractivity (Wildman–Crippen MR) is 92.0 cm³/mol. The minimum atomic E-state index is -1.03. The van der Waals surface area contributed by atoms with Gasteiger partial charge in [0.1, 0.15) is 17.6 Å². The van der Waals surface area contributed by atoms with Crippen molar-refractivity contribution in [3.8, 4) is 0 Å². The Bertz CT molecular complexity index is 762. The number of anilines is 1. The molecule has 2 aromatic rings. The fourth-order valence-electron chi connectivity index (χ4n) is 2.85. The van der Waals surface area contributed by atoms with Gasteiger partial charge in [-0.25, -0.2) is 4.79 Å². The molecule has 0 radical (unpaired) electrons. The molecule has 1 aromatic heterocycles. The summed E-state index contributed by atoms with van der Waals surface area (Å²) < 4.78 is 8.25. The number of nitroso groups, excluding NO2 is 1. The standard InChI is InChI=1S/C15H16N4O5S/c20-13(19-7-3-5-11(19)14(21)22)10(8-25-18-23)17-15-16-9-4-1-2-6-12(9)24-15/h1-2,4,6,10-11H,3,5,7-8H2,(H,16,17)(H,21,22)/t10-,11?/m0/s1. The van der Waals surface area contributed by atoms with Gasteiger partial charge in [0.05, 0.1) is 0 Å². The Balaban J connectivity index is 1.79. The molecule has 1 amide bonds. The predicted octanol–water partition coefficient (Wildman–Crippen LogP) is 2.10. The topological polar surface area (TPSA) is 125 Å². The number of nitrogens with one attached hydrogen (secondary N) is 1. The molecule has 2 atom stereocenters. The summed E-state index contributed by atoms with van der Waals surface area (Å²) in [6.07, 6.45) is 1.03. The maximum Gasteiger partial charge on any atom is 0.326 e. The number of para-hydroxylation sites is 2. The van der Waals surface area contributed by atoms with Gasteiger partial charge in [0.2, 0.25) is 5.91 Å². The zero-order valence-electron chi connectivity index (χ0n) is 13.1. The fourth-order valence-corrected chi connectivity index (χ4v) is 3.29. The van der Waals surface area contributed by atoms with E-state index in [1.807, 2.05) is 6.07 Å². The molecule has 9 nitrogen and oxygen atoms in total. The lowest BCUT2D eigenvalue weighted by Gasteiger charge is -2.26. The SMILES string of the molecule is O=NSC[C@H](Nc1nc2ccccc2o1)C(=O)N1CCCC1C(=O)O. The first-order valence-electron chi connectivity index (χ1n) is 7.70. The Hall–Kier alpha value is -2.62. The van der Waals surface area contributed by atoms with Crippen LogP contribution in [0.3, 0.4) is 0 Å². The summed E-state index contributed by atoms with van der Waals surface area (Å²) in [4.78, 5) is 40.1. The number of carbonyl (C=O) groups excluding carboxylic acids is 1. The second-order valence-electron chi connectivity index (χ2n) is 5.58. The number of aromatic nitrogens is 1. The van der Waals surface area contributed by atoms with Crippen molar-refractivity contribution < 1.29 is 19.1 Å². The van der Waals surface area contributed by atoms with E-state index in [2.05, 4.69) is 14.9 Å². The second kappa shape index (κ2) is 7.51. The third-order valence-corrected chi connectivity index (χ3v) is 4.59. The normalized spacial score (nSPS) is 18.2. The molecular formula is C15H16N4O5S. The van der Waals surface area contributed by atoms with Crippen LogP contribution in [0.1, 0.15) is 12.8 Å². The van der Waals surface area contributed by atoms with Crippen molar-refractivity contribution in [2.24, 2.45) is 4.58 Å². The van der Waals surface area contributed by atoms with Crippen LogP contribution >= 0.6 is 11.9 Å². The summed E-state index contributed by atoms with van der Waals surface area (Å²) in [6, 6.07) is 5.54. The number of hydrogen-bond donors (Lipinski definition) is 2. The van der Waals surface area contributed by atoms with E-state index in [0.717, 1.165) is 0 Å². The number of rotatable bonds is 7. The molecule has 0 saturated carbocycles. The number of aliphatic carboxylic acids is 1. The molecule has 3 rings (SSSR count). The zero-order valence-corrected chi connectivity index (χ0v) is 13.9. The Morgan fingerprint density at radius 3 is 3.00 bits per heavy atom. The fraction of sp³-hybridized carbons (Fsp3) is 0.400. The number of carboxylic acid groups (broad SMARTS) is 1. The van der Waals surface area contributed by atoms with E-state index in [9.17, 15) is 19.6 Å². The first-order valence-corrected chi connectivity index (χ1v) is 8.64. The number of carboxylic acids is 1. The van der Waals surface area contributed by atoms with Crippen LogP contribution in [0.25, 0.3) is 11.1 Å². The largest absolute Gasteiger partial charge is 0.480 e. The zero-order chi connectivity index (χ0) is 17.8. The summed E-state index contributed by atoms with van der Waals surface area (Å²) in [6.45, 7) is 0.362. The van der Waals surface area contributed by atoms with E-state index in [4.69, 9.17) is 4.42 Å². The van der Waals surface area contributed by atoms with Crippen molar-refractivity contribution in [2.75, 3.05) is 17.6 Å². The van der Waals surface area contributed by atoms with E-state index in [1.54, 1.807) is 18.2 Å². The highest BCUT2D eigenvalue weighted by atomic mass is 32.2. The van der Waals surface area contributed by atoms with Crippen LogP contribution in [0.15, 0.2) is 33.3 Å². The third kappa shape index (κ3) is 3.73. The van der Waals surface area contributed by atoms with E-state index in [1.165, 1.54) is 4.90 Å². The maximum atomic E-state index is 12.8. The summed E-state index contributed by atoms with van der Waals surface area (Å²) in [5.74, 6) is -1.40. The van der Waals surface area contributed by atoms with Crippen molar-refractivity contribution in [1.29, 1.82) is 0 Å². The van der Waals surface area contributed by atoms with E-state index in [-0.39, 0.29) is 11.8 Å². The number of carbonyl (C=O) groups is 2. The smallest absolute Gasteiger partial charge is 0.326 e. The van der Waals surface area contributed by atoms with Crippen molar-refractivity contribution in [1.82, 2.24) is 9.88 Å². The molecule has 1 aliphatic rings. The van der Waals surface area contributed by atoms with Crippen LogP contribution in [-0.2, 0) is 9.59 Å². The van der Waals surface area contributed by atoms with Gasteiger partial charge in [-0.15, -0.1) is 4.91 Å². The molecule has 1 unspecified atom stereocenters. The minimum absolute atomic E-state index is 0.0455. The second-order valence-corrected chi connectivity index (χ2v) is 6.32. The number of benzene rings is 1.